The van der Waals surface area contributed by atoms with Gasteiger partial charge in [-0.05, 0) is 91.7 Å². The van der Waals surface area contributed by atoms with Crippen molar-refractivity contribution in [1.82, 2.24) is 15.0 Å². The summed E-state index contributed by atoms with van der Waals surface area (Å²) >= 11 is 6.15. The van der Waals surface area contributed by atoms with E-state index < -0.39 is 30.6 Å². The number of phenolic OH excluding ortho intramolecular Hbond substituents is 2. The molecule has 17 nitrogen and oxygen atoms in total. The highest BCUT2D eigenvalue weighted by Gasteiger charge is 2.20. The zero-order valence-corrected chi connectivity index (χ0v) is 32.2. The van der Waals surface area contributed by atoms with E-state index in [-0.39, 0.29) is 67.4 Å². The van der Waals surface area contributed by atoms with Crippen LogP contribution in [0.2, 0.25) is 5.28 Å². The number of anilines is 5. The molecule has 1 aromatic heterocycles. The van der Waals surface area contributed by atoms with E-state index in [1.165, 1.54) is 31.2 Å². The van der Waals surface area contributed by atoms with Crippen LogP contribution < -0.4 is 16.0 Å². The fourth-order valence-electron chi connectivity index (χ4n) is 5.46. The van der Waals surface area contributed by atoms with Crippen LogP contribution >= 0.6 is 11.6 Å². The standard InChI is InChI=1S/C36H33ClN10O7S2/c1-4-38-25-14-13-24-23(12-15-26(33(24)49)44-45-27-17-20(3)31(19-29(27)48)55(50,51)5-2)32(25)47-46-28-18-22(11-16-30(28)56(52,53)54)40-36-42-34(37)41-35(43-36)39-21-9-7-6-8-10-21/h6-19,38,48-49H,4-5H2,1-3H3,(H,52,53,54)(H2,39,40,41,42,43)/b45-44+,47-46+. The van der Waals surface area contributed by atoms with E-state index in [1.54, 1.807) is 37.3 Å². The number of aromatic nitrogens is 3. The SMILES string of the molecule is CCNc1ccc2c(O)c(/N=N/c3cc(C)c(S(=O)(=O)CC)cc3O)ccc2c1/N=N/c1cc(Nc2nc(Cl)nc(Nc3ccccc3)n2)ccc1S(=O)(=O)O. The van der Waals surface area contributed by atoms with Crippen molar-refractivity contribution in [3.8, 4) is 11.5 Å². The number of sulfone groups is 1. The number of aryl methyl sites for hydroxylation is 1. The van der Waals surface area contributed by atoms with Gasteiger partial charge in [0, 0.05) is 34.8 Å². The van der Waals surface area contributed by atoms with Crippen LogP contribution in [-0.4, -0.2) is 58.9 Å². The Morgan fingerprint density at radius 3 is 2.04 bits per heavy atom. The number of nitrogens with zero attached hydrogens (tertiary/aromatic N) is 7. The lowest BCUT2D eigenvalue weighted by atomic mass is 10.1. The van der Waals surface area contributed by atoms with Gasteiger partial charge in [-0.3, -0.25) is 4.55 Å². The van der Waals surface area contributed by atoms with Gasteiger partial charge in [0.05, 0.1) is 16.3 Å². The van der Waals surface area contributed by atoms with Crippen LogP contribution in [0.25, 0.3) is 10.8 Å². The van der Waals surface area contributed by atoms with Gasteiger partial charge < -0.3 is 26.2 Å². The molecule has 0 aliphatic rings. The highest BCUT2D eigenvalue weighted by molar-refractivity contribution is 7.91. The number of fused-ring (bicyclic) bond motifs is 1. The minimum Gasteiger partial charge on any atom is -0.506 e. The van der Waals surface area contributed by atoms with E-state index in [2.05, 4.69) is 51.4 Å². The van der Waals surface area contributed by atoms with E-state index in [0.29, 0.717) is 28.9 Å². The van der Waals surface area contributed by atoms with E-state index in [9.17, 15) is 31.6 Å². The molecule has 0 saturated heterocycles. The molecule has 56 heavy (non-hydrogen) atoms. The van der Waals surface area contributed by atoms with Crippen LogP contribution in [0.15, 0.2) is 115 Å². The Morgan fingerprint density at radius 2 is 1.36 bits per heavy atom. The van der Waals surface area contributed by atoms with Crippen LogP contribution in [0.4, 0.5) is 51.7 Å². The molecule has 0 saturated carbocycles. The van der Waals surface area contributed by atoms with Crippen LogP contribution in [0.1, 0.15) is 19.4 Å². The zero-order chi connectivity index (χ0) is 40.2. The second-order valence-electron chi connectivity index (χ2n) is 12.0. The molecule has 0 amide bonds. The number of halogens is 1. The Labute approximate surface area is 326 Å². The number of azo groups is 2. The summed E-state index contributed by atoms with van der Waals surface area (Å²) in [6.07, 6.45) is 0. The Balaban J connectivity index is 1.35. The van der Waals surface area contributed by atoms with Gasteiger partial charge in [-0.2, -0.15) is 23.4 Å². The maximum Gasteiger partial charge on any atom is 0.296 e. The van der Waals surface area contributed by atoms with Crippen molar-refractivity contribution in [2.45, 2.75) is 30.6 Å². The lowest BCUT2D eigenvalue weighted by Crippen LogP contribution is -2.05. The van der Waals surface area contributed by atoms with Crippen molar-refractivity contribution in [2.75, 3.05) is 28.2 Å². The molecule has 0 unspecified atom stereocenters. The quantitative estimate of drug-likeness (QED) is 0.0470. The molecule has 0 aliphatic heterocycles. The molecule has 6 rings (SSSR count). The van der Waals surface area contributed by atoms with Crippen molar-refractivity contribution in [3.63, 3.8) is 0 Å². The Bertz CT molecular complexity index is 2750. The molecular formula is C36H33ClN10O7S2. The normalized spacial score (nSPS) is 12.1. The molecule has 288 valence electrons. The summed E-state index contributed by atoms with van der Waals surface area (Å²) in [6.45, 7) is 5.40. The highest BCUT2D eigenvalue weighted by atomic mass is 35.5. The van der Waals surface area contributed by atoms with E-state index in [4.69, 9.17) is 11.6 Å². The molecule has 0 atom stereocenters. The van der Waals surface area contributed by atoms with Gasteiger partial charge in [0.25, 0.3) is 10.1 Å². The molecule has 0 radical (unpaired) electrons. The maximum atomic E-state index is 12.4. The van der Waals surface area contributed by atoms with Crippen molar-refractivity contribution >= 4 is 94.0 Å². The summed E-state index contributed by atoms with van der Waals surface area (Å²) in [6, 6.07) is 21.7. The third-order valence-corrected chi connectivity index (χ3v) is 11.1. The van der Waals surface area contributed by atoms with Crippen molar-refractivity contribution < 1.29 is 31.6 Å². The minimum absolute atomic E-state index is 0.0109. The first-order valence-electron chi connectivity index (χ1n) is 16.7. The van der Waals surface area contributed by atoms with Gasteiger partial charge in [0.1, 0.15) is 33.4 Å². The van der Waals surface area contributed by atoms with Gasteiger partial charge in [-0.15, -0.1) is 20.5 Å². The average molecular weight is 817 g/mol. The van der Waals surface area contributed by atoms with Gasteiger partial charge in [-0.25, -0.2) is 8.42 Å². The predicted molar refractivity (Wildman–Crippen MR) is 213 cm³/mol. The summed E-state index contributed by atoms with van der Waals surface area (Å²) in [7, 11) is -8.37. The molecule has 0 bridgehead atoms. The number of hydrogen-bond donors (Lipinski definition) is 6. The molecule has 6 N–H and O–H groups in total. The largest absolute Gasteiger partial charge is 0.506 e. The molecular weight excluding hydrogens is 784 g/mol. The maximum absolute atomic E-state index is 12.4. The van der Waals surface area contributed by atoms with E-state index in [0.717, 1.165) is 12.1 Å². The third kappa shape index (κ3) is 8.81. The zero-order valence-electron chi connectivity index (χ0n) is 29.8. The van der Waals surface area contributed by atoms with Gasteiger partial charge in [0.15, 0.2) is 15.6 Å². The predicted octanol–water partition coefficient (Wildman–Crippen LogP) is 9.19. The first-order chi connectivity index (χ1) is 26.7. The summed E-state index contributed by atoms with van der Waals surface area (Å²) in [5.74, 6) is -0.693. The second-order valence-corrected chi connectivity index (χ2v) is 15.9. The van der Waals surface area contributed by atoms with Gasteiger partial charge >= 0.3 is 0 Å². The smallest absolute Gasteiger partial charge is 0.296 e. The molecule has 5 aromatic carbocycles. The summed E-state index contributed by atoms with van der Waals surface area (Å²) in [5, 5.41) is 48.2. The monoisotopic (exact) mass is 816 g/mol. The summed E-state index contributed by atoms with van der Waals surface area (Å²) in [5.41, 5.74) is 1.79. The highest BCUT2D eigenvalue weighted by Crippen LogP contribution is 2.44. The number of hydrogen-bond acceptors (Lipinski definition) is 16. The number of para-hydroxylation sites is 1. The van der Waals surface area contributed by atoms with Crippen LogP contribution in [0.3, 0.4) is 0 Å². The first-order valence-corrected chi connectivity index (χ1v) is 20.2. The van der Waals surface area contributed by atoms with Gasteiger partial charge in [0.2, 0.25) is 17.2 Å². The molecule has 0 spiro atoms. The van der Waals surface area contributed by atoms with Crippen molar-refractivity contribution in [1.29, 1.82) is 0 Å². The Hall–Kier alpha value is -6.28. The second kappa shape index (κ2) is 16.2. The number of rotatable bonds is 13. The first kappa shape index (κ1) is 39.4. The fourth-order valence-corrected chi connectivity index (χ4v) is 7.38. The Kier molecular flexibility index (Phi) is 11.4. The van der Waals surface area contributed by atoms with Crippen molar-refractivity contribution in [2.24, 2.45) is 20.5 Å². The minimum atomic E-state index is -4.78. The number of nitrogens with one attached hydrogen (secondary N) is 3. The number of benzene rings is 5. The fraction of sp³-hybridized carbons (Fsp3) is 0.139. The lowest BCUT2D eigenvalue weighted by Gasteiger charge is -2.12. The Morgan fingerprint density at radius 1 is 0.696 bits per heavy atom. The summed E-state index contributed by atoms with van der Waals surface area (Å²) < 4.78 is 59.7. The number of aromatic hydroxyl groups is 2. The molecule has 0 fully saturated rings. The van der Waals surface area contributed by atoms with Crippen molar-refractivity contribution in [3.05, 3.63) is 95.8 Å². The van der Waals surface area contributed by atoms with E-state index in [1.807, 2.05) is 25.1 Å². The average Bonchev–Trinajstić information content (AvgIpc) is 3.15. The molecule has 20 heteroatoms. The lowest BCUT2D eigenvalue weighted by molar-refractivity contribution is 0.473. The van der Waals surface area contributed by atoms with Gasteiger partial charge in [-0.1, -0.05) is 25.1 Å². The summed E-state index contributed by atoms with van der Waals surface area (Å²) in [4.78, 5) is 11.9. The third-order valence-electron chi connectivity index (χ3n) is 8.13. The molecule has 0 aliphatic carbocycles. The number of phenols is 2. The van der Waals surface area contributed by atoms with E-state index >= 15 is 0 Å². The van der Waals surface area contributed by atoms with Crippen LogP contribution in [-0.2, 0) is 20.0 Å². The topological polar surface area (TPSA) is 253 Å². The van der Waals surface area contributed by atoms with Crippen LogP contribution in [0, 0.1) is 6.92 Å². The molecule has 6 aromatic rings. The molecule has 1 heterocycles. The van der Waals surface area contributed by atoms with Crippen LogP contribution in [0.5, 0.6) is 11.5 Å².